The van der Waals surface area contributed by atoms with E-state index in [0.717, 1.165) is 9.99 Å². The predicted octanol–water partition coefficient (Wildman–Crippen LogP) is 3.23. The van der Waals surface area contributed by atoms with Gasteiger partial charge in [0.2, 0.25) is 0 Å². The van der Waals surface area contributed by atoms with Crippen LogP contribution in [-0.2, 0) is 0 Å². The molecular weight excluding hydrogens is 226 g/mol. The highest BCUT2D eigenvalue weighted by molar-refractivity contribution is 9.10. The van der Waals surface area contributed by atoms with Gasteiger partial charge in [-0.3, -0.25) is 4.57 Å². The van der Waals surface area contributed by atoms with Gasteiger partial charge in [0.1, 0.15) is 0 Å². The molecule has 0 fully saturated rings. The van der Waals surface area contributed by atoms with E-state index in [1.54, 1.807) is 0 Å². The molecule has 64 valence electrons. The number of rotatable bonds is 0. The third-order valence-electron chi connectivity index (χ3n) is 1.89. The predicted molar refractivity (Wildman–Crippen MR) is 58.5 cm³/mol. The first-order chi connectivity index (χ1) is 6.31. The zero-order valence-corrected chi connectivity index (χ0v) is 8.80. The molecule has 2 rings (SSSR count). The molecule has 13 heavy (non-hydrogen) atoms. The van der Waals surface area contributed by atoms with Crippen LogP contribution in [0.1, 0.15) is 6.92 Å². The summed E-state index contributed by atoms with van der Waals surface area (Å²) in [4.78, 5) is 0. The molecule has 0 aliphatic rings. The van der Waals surface area contributed by atoms with Crippen molar-refractivity contribution in [2.24, 2.45) is 0 Å². The Bertz CT molecular complexity index is 500. The van der Waals surface area contributed by atoms with Crippen LogP contribution in [0.4, 0.5) is 0 Å². The number of nitrogens with zero attached hydrogens (tertiary/aromatic N) is 1. The molecule has 0 spiro atoms. The van der Waals surface area contributed by atoms with Crippen molar-refractivity contribution in [2.45, 2.75) is 6.92 Å². The summed E-state index contributed by atoms with van der Waals surface area (Å²) in [5.74, 6) is 2.88. The van der Waals surface area contributed by atoms with Gasteiger partial charge in [-0.25, -0.2) is 0 Å². The second-order valence-corrected chi connectivity index (χ2v) is 3.67. The Morgan fingerprint density at radius 2 is 2.15 bits per heavy atom. The average Bonchev–Trinajstić information content (AvgIpc) is 2.49. The Balaban J connectivity index is 2.76. The van der Waals surface area contributed by atoms with E-state index >= 15 is 0 Å². The minimum atomic E-state index is 1.08. The van der Waals surface area contributed by atoms with E-state index in [-0.39, 0.29) is 0 Å². The highest BCUT2D eigenvalue weighted by atomic mass is 79.9. The van der Waals surface area contributed by atoms with Gasteiger partial charge in [0.15, 0.2) is 0 Å². The molecule has 0 aliphatic carbocycles. The van der Waals surface area contributed by atoms with Gasteiger partial charge in [-0.1, -0.05) is 27.9 Å². The number of hydrogen-bond donors (Lipinski definition) is 0. The number of benzene rings is 1. The van der Waals surface area contributed by atoms with Crippen molar-refractivity contribution in [3.63, 3.8) is 0 Å². The van der Waals surface area contributed by atoms with Crippen molar-refractivity contribution >= 4 is 26.8 Å². The van der Waals surface area contributed by atoms with E-state index in [1.165, 1.54) is 5.39 Å². The quantitative estimate of drug-likeness (QED) is 0.616. The van der Waals surface area contributed by atoms with E-state index in [2.05, 4.69) is 46.1 Å². The van der Waals surface area contributed by atoms with Crippen molar-refractivity contribution in [1.82, 2.24) is 4.57 Å². The van der Waals surface area contributed by atoms with Crippen LogP contribution in [0.3, 0.4) is 0 Å². The first-order valence-electron chi connectivity index (χ1n) is 4.00. The summed E-state index contributed by atoms with van der Waals surface area (Å²) in [5.41, 5.74) is 1.14. The Kier molecular flexibility index (Phi) is 2.12. The number of hydrogen-bond acceptors (Lipinski definition) is 0. The summed E-state index contributed by atoms with van der Waals surface area (Å²) in [7, 11) is 0. The molecule has 0 bridgehead atoms. The smallest absolute Gasteiger partial charge is 0.0622 e. The largest absolute Gasteiger partial charge is 0.276 e. The van der Waals surface area contributed by atoms with Gasteiger partial charge in [-0.2, -0.15) is 0 Å². The number of aromatic nitrogens is 1. The molecule has 0 radical (unpaired) electrons. The molecule has 0 aliphatic heterocycles. The SMILES string of the molecule is CC#Cn1ccc2ccc(Br)cc21. The van der Waals surface area contributed by atoms with E-state index in [9.17, 15) is 0 Å². The third-order valence-corrected chi connectivity index (χ3v) is 2.38. The number of halogens is 1. The maximum absolute atomic E-state index is 3.44. The Hall–Kier alpha value is -1.20. The normalized spacial score (nSPS) is 9.69. The maximum atomic E-state index is 3.44. The van der Waals surface area contributed by atoms with E-state index < -0.39 is 0 Å². The summed E-state index contributed by atoms with van der Waals surface area (Å²) in [6.45, 7) is 1.84. The topological polar surface area (TPSA) is 4.93 Å². The van der Waals surface area contributed by atoms with Crippen molar-refractivity contribution in [3.05, 3.63) is 34.9 Å². The van der Waals surface area contributed by atoms with Crippen LogP contribution >= 0.6 is 15.9 Å². The fourth-order valence-electron chi connectivity index (χ4n) is 1.32. The molecular formula is C11H8BrN. The van der Waals surface area contributed by atoms with Gasteiger partial charge in [0.05, 0.1) is 5.52 Å². The van der Waals surface area contributed by atoms with Crippen LogP contribution in [0.2, 0.25) is 0 Å². The summed E-state index contributed by atoms with van der Waals surface area (Å²) < 4.78 is 3.01. The Morgan fingerprint density at radius 3 is 2.92 bits per heavy atom. The lowest BCUT2D eigenvalue weighted by molar-refractivity contribution is 1.20. The summed E-state index contributed by atoms with van der Waals surface area (Å²) >= 11 is 3.44. The number of fused-ring (bicyclic) bond motifs is 1. The second-order valence-electron chi connectivity index (χ2n) is 2.75. The lowest BCUT2D eigenvalue weighted by atomic mass is 10.2. The van der Waals surface area contributed by atoms with E-state index in [0.29, 0.717) is 0 Å². The van der Waals surface area contributed by atoms with Crippen molar-refractivity contribution in [2.75, 3.05) is 0 Å². The molecule has 1 aromatic carbocycles. The van der Waals surface area contributed by atoms with Gasteiger partial charge in [0, 0.05) is 22.1 Å². The van der Waals surface area contributed by atoms with Gasteiger partial charge in [-0.05, 0) is 25.1 Å². The fraction of sp³-hybridized carbons (Fsp3) is 0.0909. The molecule has 1 nitrogen and oxygen atoms in total. The van der Waals surface area contributed by atoms with E-state index in [4.69, 9.17) is 0 Å². The fourth-order valence-corrected chi connectivity index (χ4v) is 1.67. The first kappa shape index (κ1) is 8.40. The summed E-state index contributed by atoms with van der Waals surface area (Å²) in [5, 5.41) is 1.21. The molecule has 1 heterocycles. The van der Waals surface area contributed by atoms with Crippen LogP contribution in [0.25, 0.3) is 10.9 Å². The summed E-state index contributed by atoms with van der Waals surface area (Å²) in [6.07, 6.45) is 1.98. The molecule has 0 atom stereocenters. The Labute approximate surface area is 85.5 Å². The molecule has 2 aromatic rings. The van der Waals surface area contributed by atoms with Crippen LogP contribution in [0.15, 0.2) is 34.9 Å². The highest BCUT2D eigenvalue weighted by Crippen LogP contribution is 2.20. The van der Waals surface area contributed by atoms with Gasteiger partial charge in [-0.15, -0.1) is 0 Å². The lowest BCUT2D eigenvalue weighted by Crippen LogP contribution is -1.83. The zero-order chi connectivity index (χ0) is 9.26. The molecule has 2 heteroatoms. The molecule has 0 saturated heterocycles. The molecule has 0 unspecified atom stereocenters. The van der Waals surface area contributed by atoms with Crippen molar-refractivity contribution in [3.8, 4) is 12.0 Å². The third kappa shape index (κ3) is 1.48. The van der Waals surface area contributed by atoms with Gasteiger partial charge < -0.3 is 0 Å². The Morgan fingerprint density at radius 1 is 1.31 bits per heavy atom. The van der Waals surface area contributed by atoms with Crippen LogP contribution < -0.4 is 0 Å². The van der Waals surface area contributed by atoms with Crippen LogP contribution in [-0.4, -0.2) is 4.57 Å². The minimum Gasteiger partial charge on any atom is -0.276 e. The maximum Gasteiger partial charge on any atom is 0.0622 e. The second kappa shape index (κ2) is 3.27. The van der Waals surface area contributed by atoms with Crippen molar-refractivity contribution in [1.29, 1.82) is 0 Å². The van der Waals surface area contributed by atoms with Gasteiger partial charge in [0.25, 0.3) is 0 Å². The lowest BCUT2D eigenvalue weighted by Gasteiger charge is -1.95. The van der Waals surface area contributed by atoms with E-state index in [1.807, 2.05) is 23.8 Å². The van der Waals surface area contributed by atoms with Gasteiger partial charge >= 0.3 is 0 Å². The van der Waals surface area contributed by atoms with Crippen molar-refractivity contribution < 1.29 is 0 Å². The average molecular weight is 234 g/mol. The monoisotopic (exact) mass is 233 g/mol. The summed E-state index contributed by atoms with van der Waals surface area (Å²) in [6, 6.07) is 11.2. The molecule has 0 N–H and O–H groups in total. The first-order valence-corrected chi connectivity index (χ1v) is 4.80. The minimum absolute atomic E-state index is 1.08. The standard InChI is InChI=1S/C11H8BrN/c1-2-6-13-7-5-9-3-4-10(12)8-11(9)13/h3-5,7-8H,1H3. The molecule has 0 saturated carbocycles. The highest BCUT2D eigenvalue weighted by Gasteiger charge is 1.98. The van der Waals surface area contributed by atoms with Crippen LogP contribution in [0.5, 0.6) is 0 Å². The zero-order valence-electron chi connectivity index (χ0n) is 7.21. The molecule has 0 amide bonds. The molecule has 1 aromatic heterocycles. The van der Waals surface area contributed by atoms with Crippen LogP contribution in [0, 0.1) is 12.0 Å².